The van der Waals surface area contributed by atoms with Crippen LogP contribution in [0.1, 0.15) is 22.8 Å². The van der Waals surface area contributed by atoms with Gasteiger partial charge in [-0.25, -0.2) is 13.6 Å². The summed E-state index contributed by atoms with van der Waals surface area (Å²) in [6, 6.07) is 1.89. The summed E-state index contributed by atoms with van der Waals surface area (Å²) in [5.41, 5.74) is -1.29. The molecule has 1 aliphatic rings. The maximum atomic E-state index is 13.4. The number of halogens is 2. The lowest BCUT2D eigenvalue weighted by atomic mass is 9.98. The Balaban J connectivity index is 2.63. The van der Waals surface area contributed by atoms with Crippen molar-refractivity contribution in [3.8, 4) is 11.5 Å². The third-order valence-corrected chi connectivity index (χ3v) is 2.42. The Kier molecular flexibility index (Phi) is 2.68. The highest BCUT2D eigenvalue weighted by atomic mass is 19.3. The zero-order valence-corrected chi connectivity index (χ0v) is 9.20. The number of ketones is 1. The first-order chi connectivity index (χ1) is 8.30. The number of carbonyl (C=O) groups excluding carboxylic acids is 1. The van der Waals surface area contributed by atoms with Gasteiger partial charge in [0.05, 0.1) is 0 Å². The summed E-state index contributed by atoms with van der Waals surface area (Å²) in [7, 11) is 0. The molecule has 2 rings (SSSR count). The minimum Gasteiger partial charge on any atom is -0.475 e. The van der Waals surface area contributed by atoms with Crippen molar-refractivity contribution < 1.29 is 33.0 Å². The molecule has 1 heterocycles. The topological polar surface area (TPSA) is 72.8 Å². The lowest BCUT2D eigenvalue weighted by Gasteiger charge is -2.14. The van der Waals surface area contributed by atoms with E-state index in [4.69, 9.17) is 14.6 Å². The Hall–Kier alpha value is -2.18. The van der Waals surface area contributed by atoms with Crippen LogP contribution in [0.3, 0.4) is 0 Å². The van der Waals surface area contributed by atoms with Gasteiger partial charge in [-0.2, -0.15) is 0 Å². The Morgan fingerprint density at radius 2 is 1.83 bits per heavy atom. The van der Waals surface area contributed by atoms with E-state index in [1.807, 2.05) is 0 Å². The van der Waals surface area contributed by atoms with E-state index in [1.165, 1.54) is 0 Å². The Morgan fingerprint density at radius 3 is 2.33 bits per heavy atom. The molecule has 1 aliphatic heterocycles. The molecule has 0 unspecified atom stereocenters. The zero-order chi connectivity index (χ0) is 13.5. The number of ether oxygens (including phenoxy) is 2. The summed E-state index contributed by atoms with van der Waals surface area (Å²) < 4.78 is 36.6. The Morgan fingerprint density at radius 1 is 1.28 bits per heavy atom. The van der Waals surface area contributed by atoms with Crippen molar-refractivity contribution in [1.29, 1.82) is 0 Å². The summed E-state index contributed by atoms with van der Waals surface area (Å²) in [4.78, 5) is 22.0. The van der Waals surface area contributed by atoms with Crippen LogP contribution in [0.15, 0.2) is 12.1 Å². The fourth-order valence-electron chi connectivity index (χ4n) is 1.61. The fourth-order valence-corrected chi connectivity index (χ4v) is 1.61. The van der Waals surface area contributed by atoms with Crippen LogP contribution in [0.4, 0.5) is 8.78 Å². The number of carbonyl (C=O) groups is 2. The largest absolute Gasteiger partial charge is 0.475 e. The first-order valence-corrected chi connectivity index (χ1v) is 4.90. The molecule has 5 nitrogen and oxygen atoms in total. The van der Waals surface area contributed by atoms with Crippen LogP contribution in [0.25, 0.3) is 0 Å². The van der Waals surface area contributed by atoms with Gasteiger partial charge < -0.3 is 14.6 Å². The molecular weight excluding hydrogens is 250 g/mol. The molecule has 0 atom stereocenters. The first-order valence-electron chi connectivity index (χ1n) is 4.90. The van der Waals surface area contributed by atoms with Gasteiger partial charge in [0, 0.05) is 18.1 Å². The highest BCUT2D eigenvalue weighted by molar-refractivity contribution is 6.40. The van der Waals surface area contributed by atoms with Crippen molar-refractivity contribution in [2.24, 2.45) is 0 Å². The van der Waals surface area contributed by atoms with Crippen molar-refractivity contribution in [3.63, 3.8) is 0 Å². The van der Waals surface area contributed by atoms with Crippen LogP contribution in [0.2, 0.25) is 0 Å². The molecule has 7 heteroatoms. The zero-order valence-electron chi connectivity index (χ0n) is 9.20. The van der Waals surface area contributed by atoms with Gasteiger partial charge >= 0.3 is 5.97 Å². The molecule has 0 aromatic heterocycles. The molecular formula is C11H8F2O5. The molecule has 0 amide bonds. The van der Waals surface area contributed by atoms with Gasteiger partial charge in [-0.05, 0) is 12.1 Å². The number of carboxylic acids is 1. The van der Waals surface area contributed by atoms with Crippen molar-refractivity contribution >= 4 is 11.8 Å². The van der Waals surface area contributed by atoms with Crippen LogP contribution < -0.4 is 9.47 Å². The molecule has 0 spiro atoms. The molecule has 0 fully saturated rings. The molecule has 1 aromatic rings. The second-order valence-corrected chi connectivity index (χ2v) is 3.77. The van der Waals surface area contributed by atoms with Gasteiger partial charge in [0.25, 0.3) is 11.7 Å². The second-order valence-electron chi connectivity index (χ2n) is 3.77. The fraction of sp³-hybridized carbons (Fsp3) is 0.273. The second kappa shape index (κ2) is 3.94. The summed E-state index contributed by atoms with van der Waals surface area (Å²) in [5.74, 6) is -6.44. The SMILES string of the molecule is CC(F)(F)c1cc2c(cc1C(=O)C(=O)O)OCO2. The van der Waals surface area contributed by atoms with Crippen molar-refractivity contribution in [3.05, 3.63) is 23.3 Å². The quantitative estimate of drug-likeness (QED) is 0.661. The molecule has 0 radical (unpaired) electrons. The molecule has 18 heavy (non-hydrogen) atoms. The molecule has 0 saturated carbocycles. The molecule has 1 aromatic carbocycles. The monoisotopic (exact) mass is 258 g/mol. The van der Waals surface area contributed by atoms with E-state index in [2.05, 4.69) is 0 Å². The molecule has 0 aliphatic carbocycles. The maximum Gasteiger partial charge on any atom is 0.377 e. The standard InChI is InChI=1S/C11H8F2O5/c1-11(12,13)6-3-8-7(17-4-18-8)2-5(6)9(14)10(15)16/h2-3H,4H2,1H3,(H,15,16). The summed E-state index contributed by atoms with van der Waals surface area (Å²) in [5, 5.41) is 8.61. The van der Waals surface area contributed by atoms with E-state index in [0.717, 1.165) is 12.1 Å². The molecule has 1 N–H and O–H groups in total. The van der Waals surface area contributed by atoms with Crippen molar-refractivity contribution in [1.82, 2.24) is 0 Å². The van der Waals surface area contributed by atoms with Gasteiger partial charge in [0.1, 0.15) is 0 Å². The third kappa shape index (κ3) is 1.99. The van der Waals surface area contributed by atoms with Gasteiger partial charge in [0.15, 0.2) is 11.5 Å². The van der Waals surface area contributed by atoms with Crippen LogP contribution in [-0.4, -0.2) is 23.7 Å². The average Bonchev–Trinajstić information content (AvgIpc) is 2.71. The van der Waals surface area contributed by atoms with Crippen molar-refractivity contribution in [2.45, 2.75) is 12.8 Å². The van der Waals surface area contributed by atoms with E-state index in [-0.39, 0.29) is 18.3 Å². The van der Waals surface area contributed by atoms with Crippen molar-refractivity contribution in [2.75, 3.05) is 6.79 Å². The molecule has 96 valence electrons. The van der Waals surface area contributed by atoms with E-state index in [1.54, 1.807) is 0 Å². The lowest BCUT2D eigenvalue weighted by Crippen LogP contribution is -2.19. The minimum absolute atomic E-state index is 0.0634. The average molecular weight is 258 g/mol. The van der Waals surface area contributed by atoms with Gasteiger partial charge in [-0.15, -0.1) is 0 Å². The number of carboxylic acid groups (broad SMARTS) is 1. The minimum atomic E-state index is -3.36. The van der Waals surface area contributed by atoms with Crippen LogP contribution in [0, 0.1) is 0 Å². The number of alkyl halides is 2. The highest BCUT2D eigenvalue weighted by Crippen LogP contribution is 2.40. The van der Waals surface area contributed by atoms with E-state index in [0.29, 0.717) is 6.92 Å². The first kappa shape index (κ1) is 12.3. The highest BCUT2D eigenvalue weighted by Gasteiger charge is 2.34. The maximum absolute atomic E-state index is 13.4. The van der Waals surface area contributed by atoms with E-state index >= 15 is 0 Å². The molecule has 0 bridgehead atoms. The summed E-state index contributed by atoms with van der Waals surface area (Å²) in [6.45, 7) is 0.415. The normalized spacial score (nSPS) is 13.5. The third-order valence-electron chi connectivity index (χ3n) is 2.42. The van der Waals surface area contributed by atoms with E-state index in [9.17, 15) is 18.4 Å². The predicted octanol–water partition coefficient (Wildman–Crippen LogP) is 1.79. The van der Waals surface area contributed by atoms with E-state index < -0.39 is 28.8 Å². The lowest BCUT2D eigenvalue weighted by molar-refractivity contribution is -0.131. The Bertz CT molecular complexity index is 533. The van der Waals surface area contributed by atoms with Gasteiger partial charge in [-0.3, -0.25) is 4.79 Å². The number of Topliss-reactive ketones (excluding diaryl/α,β-unsaturated/α-hetero) is 1. The molecule has 0 saturated heterocycles. The van der Waals surface area contributed by atoms with Gasteiger partial charge in [0.2, 0.25) is 6.79 Å². The predicted molar refractivity (Wildman–Crippen MR) is 54.1 cm³/mol. The number of fused-ring (bicyclic) bond motifs is 1. The van der Waals surface area contributed by atoms with Crippen LogP contribution in [0.5, 0.6) is 11.5 Å². The van der Waals surface area contributed by atoms with Crippen LogP contribution in [-0.2, 0) is 10.7 Å². The number of aliphatic carboxylic acids is 1. The summed E-state index contributed by atoms with van der Waals surface area (Å²) >= 11 is 0. The van der Waals surface area contributed by atoms with Gasteiger partial charge in [-0.1, -0.05) is 0 Å². The Labute approximate surface area is 99.9 Å². The number of benzene rings is 1. The summed E-state index contributed by atoms with van der Waals surface area (Å²) in [6.07, 6.45) is 0. The number of hydrogen-bond donors (Lipinski definition) is 1. The smallest absolute Gasteiger partial charge is 0.377 e. The number of rotatable bonds is 3. The van der Waals surface area contributed by atoms with Crippen LogP contribution >= 0.6 is 0 Å². The number of hydrogen-bond acceptors (Lipinski definition) is 4.